The van der Waals surface area contributed by atoms with Crippen LogP contribution in [0.5, 0.6) is 0 Å². The van der Waals surface area contributed by atoms with Crippen molar-refractivity contribution in [2.24, 2.45) is 11.7 Å². The molecule has 3 unspecified atom stereocenters. The highest BCUT2D eigenvalue weighted by atomic mass is 16.2. The molecule has 3 N–H and O–H groups in total. The Hall–Kier alpha value is -1.36. The minimum absolute atomic E-state index is 0.0634. The molecule has 1 heterocycles. The Morgan fingerprint density at radius 1 is 1.63 bits per heavy atom. The maximum Gasteiger partial charge on any atom is 0.225 e. The number of nitrogens with zero attached hydrogens (tertiary/aromatic N) is 2. The zero-order valence-corrected chi connectivity index (χ0v) is 11.8. The summed E-state index contributed by atoms with van der Waals surface area (Å²) in [6.07, 6.45) is 9.46. The van der Waals surface area contributed by atoms with E-state index in [1.807, 2.05) is 24.6 Å². The number of amides is 1. The summed E-state index contributed by atoms with van der Waals surface area (Å²) < 4.78 is 1.97. The third kappa shape index (κ3) is 3.56. The molecule has 1 aromatic rings. The zero-order valence-electron chi connectivity index (χ0n) is 11.8. The van der Waals surface area contributed by atoms with Crippen molar-refractivity contribution >= 4 is 5.91 Å². The Morgan fingerprint density at radius 3 is 3.05 bits per heavy atom. The predicted molar refractivity (Wildman–Crippen MR) is 74.4 cm³/mol. The molecular formula is C14H24N4O. The summed E-state index contributed by atoms with van der Waals surface area (Å²) >= 11 is 0. The maximum absolute atomic E-state index is 12.3. The molecule has 2 rings (SSSR count). The van der Waals surface area contributed by atoms with E-state index in [1.165, 1.54) is 0 Å². The lowest BCUT2D eigenvalue weighted by molar-refractivity contribution is -0.128. The first-order valence-electron chi connectivity index (χ1n) is 7.04. The number of carbonyl (C=O) groups excluding carboxylic acids is 1. The van der Waals surface area contributed by atoms with Gasteiger partial charge in [-0.3, -0.25) is 4.79 Å². The van der Waals surface area contributed by atoms with Crippen molar-refractivity contribution < 1.29 is 4.79 Å². The van der Waals surface area contributed by atoms with Crippen LogP contribution in [0.15, 0.2) is 18.7 Å². The number of carbonyl (C=O) groups is 1. The van der Waals surface area contributed by atoms with E-state index >= 15 is 0 Å². The van der Waals surface area contributed by atoms with Gasteiger partial charge in [0.15, 0.2) is 0 Å². The third-order valence-corrected chi connectivity index (χ3v) is 4.00. The minimum Gasteiger partial charge on any atom is -0.352 e. The SMILES string of the molecule is CC(Cn1ccnc1)NC(=O)C1CCCCC1(C)N. The van der Waals surface area contributed by atoms with Gasteiger partial charge in [0.25, 0.3) is 0 Å². The van der Waals surface area contributed by atoms with Crippen LogP contribution in [0.3, 0.4) is 0 Å². The molecule has 3 atom stereocenters. The number of hydrogen-bond donors (Lipinski definition) is 2. The van der Waals surface area contributed by atoms with Crippen LogP contribution >= 0.6 is 0 Å². The highest BCUT2D eigenvalue weighted by molar-refractivity contribution is 5.80. The molecule has 0 saturated heterocycles. The fourth-order valence-corrected chi connectivity index (χ4v) is 2.89. The smallest absolute Gasteiger partial charge is 0.225 e. The molecule has 0 spiro atoms. The van der Waals surface area contributed by atoms with E-state index < -0.39 is 0 Å². The van der Waals surface area contributed by atoms with Crippen LogP contribution in [0.25, 0.3) is 0 Å². The van der Waals surface area contributed by atoms with Crippen molar-refractivity contribution in [3.63, 3.8) is 0 Å². The normalized spacial score (nSPS) is 28.9. The van der Waals surface area contributed by atoms with Crippen molar-refractivity contribution in [1.82, 2.24) is 14.9 Å². The summed E-state index contributed by atoms with van der Waals surface area (Å²) in [4.78, 5) is 16.3. The van der Waals surface area contributed by atoms with E-state index in [0.29, 0.717) is 0 Å². The van der Waals surface area contributed by atoms with Gasteiger partial charge in [-0.25, -0.2) is 4.98 Å². The first-order chi connectivity index (χ1) is 8.99. The molecule has 5 nitrogen and oxygen atoms in total. The highest BCUT2D eigenvalue weighted by Gasteiger charge is 2.37. The Bertz CT molecular complexity index is 413. The number of imidazole rings is 1. The van der Waals surface area contributed by atoms with Gasteiger partial charge in [-0.05, 0) is 26.7 Å². The lowest BCUT2D eigenvalue weighted by Crippen LogP contribution is -2.54. The standard InChI is InChI=1S/C14H24N4O/c1-11(9-18-8-7-16-10-18)17-13(19)12-5-3-4-6-14(12,2)15/h7-8,10-12H,3-6,9,15H2,1-2H3,(H,17,19). The van der Waals surface area contributed by atoms with Crippen molar-refractivity contribution in [3.8, 4) is 0 Å². The van der Waals surface area contributed by atoms with Gasteiger partial charge in [-0.2, -0.15) is 0 Å². The molecule has 1 aliphatic carbocycles. The molecule has 1 aliphatic rings. The van der Waals surface area contributed by atoms with E-state index in [-0.39, 0.29) is 23.4 Å². The molecule has 1 fully saturated rings. The van der Waals surface area contributed by atoms with Crippen LogP contribution in [0.2, 0.25) is 0 Å². The molecule has 19 heavy (non-hydrogen) atoms. The number of nitrogens with one attached hydrogen (secondary N) is 1. The first kappa shape index (κ1) is 14.1. The Balaban J connectivity index is 1.89. The molecule has 0 bridgehead atoms. The van der Waals surface area contributed by atoms with E-state index in [9.17, 15) is 4.79 Å². The van der Waals surface area contributed by atoms with E-state index in [0.717, 1.165) is 32.2 Å². The Kier molecular flexibility index (Phi) is 4.24. The fourth-order valence-electron chi connectivity index (χ4n) is 2.89. The van der Waals surface area contributed by atoms with Gasteiger partial charge in [-0.1, -0.05) is 12.8 Å². The molecule has 1 saturated carbocycles. The van der Waals surface area contributed by atoms with Gasteiger partial charge >= 0.3 is 0 Å². The summed E-state index contributed by atoms with van der Waals surface area (Å²) in [5, 5.41) is 3.08. The number of aromatic nitrogens is 2. The summed E-state index contributed by atoms with van der Waals surface area (Å²) in [5.74, 6) is 0.0313. The summed E-state index contributed by atoms with van der Waals surface area (Å²) in [7, 11) is 0. The van der Waals surface area contributed by atoms with Crippen LogP contribution in [0, 0.1) is 5.92 Å². The molecule has 0 radical (unpaired) electrons. The van der Waals surface area contributed by atoms with Gasteiger partial charge in [0.2, 0.25) is 5.91 Å². The van der Waals surface area contributed by atoms with Crippen LogP contribution in [0.1, 0.15) is 39.5 Å². The Labute approximate surface area is 114 Å². The molecule has 0 aromatic carbocycles. The number of hydrogen-bond acceptors (Lipinski definition) is 3. The maximum atomic E-state index is 12.3. The summed E-state index contributed by atoms with van der Waals surface area (Å²) in [6.45, 7) is 4.74. The molecule has 1 amide bonds. The predicted octanol–water partition coefficient (Wildman–Crippen LogP) is 1.30. The van der Waals surface area contributed by atoms with Crippen LogP contribution < -0.4 is 11.1 Å². The number of nitrogens with two attached hydrogens (primary N) is 1. The quantitative estimate of drug-likeness (QED) is 0.861. The van der Waals surface area contributed by atoms with E-state index in [4.69, 9.17) is 5.73 Å². The lowest BCUT2D eigenvalue weighted by atomic mass is 9.74. The van der Waals surface area contributed by atoms with Gasteiger partial charge in [-0.15, -0.1) is 0 Å². The molecule has 5 heteroatoms. The molecule has 1 aromatic heterocycles. The molecular weight excluding hydrogens is 240 g/mol. The topological polar surface area (TPSA) is 72.9 Å². The Morgan fingerprint density at radius 2 is 2.42 bits per heavy atom. The minimum atomic E-state index is -0.364. The van der Waals surface area contributed by atoms with Crippen molar-refractivity contribution in [3.05, 3.63) is 18.7 Å². The van der Waals surface area contributed by atoms with Crippen LogP contribution in [-0.4, -0.2) is 27.0 Å². The van der Waals surface area contributed by atoms with E-state index in [1.54, 1.807) is 12.5 Å². The largest absolute Gasteiger partial charge is 0.352 e. The zero-order chi connectivity index (χ0) is 13.9. The van der Waals surface area contributed by atoms with Gasteiger partial charge in [0.05, 0.1) is 12.2 Å². The van der Waals surface area contributed by atoms with E-state index in [2.05, 4.69) is 10.3 Å². The first-order valence-corrected chi connectivity index (χ1v) is 7.04. The number of rotatable bonds is 4. The average Bonchev–Trinajstić information content (AvgIpc) is 2.80. The van der Waals surface area contributed by atoms with Crippen LogP contribution in [-0.2, 0) is 11.3 Å². The van der Waals surface area contributed by atoms with Gasteiger partial charge in [0, 0.05) is 30.5 Å². The van der Waals surface area contributed by atoms with Crippen molar-refractivity contribution in [2.45, 2.75) is 57.7 Å². The van der Waals surface area contributed by atoms with Crippen molar-refractivity contribution in [2.75, 3.05) is 0 Å². The average molecular weight is 264 g/mol. The highest BCUT2D eigenvalue weighted by Crippen LogP contribution is 2.31. The van der Waals surface area contributed by atoms with Gasteiger partial charge < -0.3 is 15.6 Å². The van der Waals surface area contributed by atoms with Gasteiger partial charge in [0.1, 0.15) is 0 Å². The monoisotopic (exact) mass is 264 g/mol. The summed E-state index contributed by atoms with van der Waals surface area (Å²) in [6, 6.07) is 0.0828. The molecule has 0 aliphatic heterocycles. The fraction of sp³-hybridized carbons (Fsp3) is 0.714. The lowest BCUT2D eigenvalue weighted by Gasteiger charge is -2.37. The second-order valence-corrected chi connectivity index (χ2v) is 5.97. The second-order valence-electron chi connectivity index (χ2n) is 5.97. The summed E-state index contributed by atoms with van der Waals surface area (Å²) in [5.41, 5.74) is 5.89. The second kappa shape index (κ2) is 5.74. The third-order valence-electron chi connectivity index (χ3n) is 4.00. The van der Waals surface area contributed by atoms with Crippen molar-refractivity contribution in [1.29, 1.82) is 0 Å². The molecule has 106 valence electrons. The van der Waals surface area contributed by atoms with Crippen LogP contribution in [0.4, 0.5) is 0 Å².